The number of carbonyl (C=O) groups is 1. The van der Waals surface area contributed by atoms with E-state index in [1.807, 2.05) is 38.3 Å². The van der Waals surface area contributed by atoms with E-state index in [-0.39, 0.29) is 35.7 Å². The third-order valence-corrected chi connectivity index (χ3v) is 6.24. The summed E-state index contributed by atoms with van der Waals surface area (Å²) in [5.74, 6) is 0.0885. The molecule has 0 radical (unpaired) electrons. The zero-order valence-electron chi connectivity index (χ0n) is 14.7. The minimum atomic E-state index is -3.59. The van der Waals surface area contributed by atoms with Crippen LogP contribution in [0, 0.1) is 12.8 Å². The van der Waals surface area contributed by atoms with Crippen molar-refractivity contribution in [2.75, 3.05) is 6.54 Å². The lowest BCUT2D eigenvalue weighted by Crippen LogP contribution is -2.34. The van der Waals surface area contributed by atoms with Gasteiger partial charge in [0, 0.05) is 17.8 Å². The first kappa shape index (κ1) is 19.6. The van der Waals surface area contributed by atoms with E-state index in [1.54, 1.807) is 35.6 Å². The lowest BCUT2D eigenvalue weighted by Gasteiger charge is -2.21. The smallest absolute Gasteiger partial charge is 0.240 e. The van der Waals surface area contributed by atoms with Crippen molar-refractivity contribution in [3.63, 3.8) is 0 Å². The molecule has 2 N–H and O–H groups in total. The molecule has 0 aliphatic rings. The van der Waals surface area contributed by atoms with Crippen LogP contribution in [-0.2, 0) is 14.8 Å². The Morgan fingerprint density at radius 2 is 1.84 bits per heavy atom. The molecule has 1 amide bonds. The molecule has 0 aliphatic carbocycles. The van der Waals surface area contributed by atoms with E-state index in [2.05, 4.69) is 10.0 Å². The first-order valence-corrected chi connectivity index (χ1v) is 10.5. The van der Waals surface area contributed by atoms with Crippen LogP contribution in [0.5, 0.6) is 0 Å². The van der Waals surface area contributed by atoms with Gasteiger partial charge in [0.15, 0.2) is 0 Å². The monoisotopic (exact) mass is 380 g/mol. The van der Waals surface area contributed by atoms with Crippen LogP contribution in [0.3, 0.4) is 0 Å². The van der Waals surface area contributed by atoms with Crippen LogP contribution in [0.25, 0.3) is 0 Å². The molecular weight excluding hydrogens is 356 g/mol. The normalized spacial score (nSPS) is 13.0. The third-order valence-electron chi connectivity index (χ3n) is 3.81. The fraction of sp³-hybridized carbons (Fsp3) is 0.389. The summed E-state index contributed by atoms with van der Waals surface area (Å²) < 4.78 is 26.9. The maximum absolute atomic E-state index is 12.2. The Hall–Kier alpha value is -1.70. The van der Waals surface area contributed by atoms with Gasteiger partial charge in [-0.2, -0.15) is 0 Å². The van der Waals surface area contributed by atoms with Gasteiger partial charge in [-0.3, -0.25) is 4.79 Å². The largest absolute Gasteiger partial charge is 0.348 e. The Morgan fingerprint density at radius 3 is 2.40 bits per heavy atom. The second-order valence-electron chi connectivity index (χ2n) is 6.27. The van der Waals surface area contributed by atoms with Crippen molar-refractivity contribution in [2.45, 2.75) is 38.1 Å². The van der Waals surface area contributed by atoms with Gasteiger partial charge in [0.25, 0.3) is 0 Å². The molecule has 136 valence electrons. The van der Waals surface area contributed by atoms with E-state index >= 15 is 0 Å². The molecule has 1 heterocycles. The average Bonchev–Trinajstić information content (AvgIpc) is 3.06. The first-order chi connectivity index (χ1) is 11.8. The zero-order valence-corrected chi connectivity index (χ0v) is 16.3. The summed E-state index contributed by atoms with van der Waals surface area (Å²) in [7, 11) is -3.59. The second-order valence-corrected chi connectivity index (χ2v) is 9.01. The molecule has 1 aromatic heterocycles. The van der Waals surface area contributed by atoms with Crippen LogP contribution in [0.4, 0.5) is 0 Å². The molecule has 7 heteroatoms. The minimum absolute atomic E-state index is 0.0544. The number of thiophene rings is 1. The van der Waals surface area contributed by atoms with Crippen LogP contribution in [-0.4, -0.2) is 20.9 Å². The van der Waals surface area contributed by atoms with E-state index in [0.717, 1.165) is 10.4 Å². The standard InChI is InChI=1S/C18H24N2O3S2/c1-13(2)18(16-5-4-12-24-16)20-17(21)10-11-19-25(22,23)15-8-6-14(3)7-9-15/h4-9,12-13,18-19H,10-11H2,1-3H3,(H,20,21)/t18-/m0/s1. The quantitative estimate of drug-likeness (QED) is 0.738. The van der Waals surface area contributed by atoms with Gasteiger partial charge in [0.2, 0.25) is 15.9 Å². The number of nitrogens with one attached hydrogen (secondary N) is 2. The van der Waals surface area contributed by atoms with Crippen molar-refractivity contribution >= 4 is 27.3 Å². The molecule has 1 aromatic carbocycles. The number of sulfonamides is 1. The highest BCUT2D eigenvalue weighted by molar-refractivity contribution is 7.89. The number of rotatable bonds is 8. The summed E-state index contributed by atoms with van der Waals surface area (Å²) in [5.41, 5.74) is 0.992. The molecule has 0 fully saturated rings. The number of benzene rings is 1. The molecule has 0 spiro atoms. The fourth-order valence-corrected chi connectivity index (χ4v) is 4.36. The summed E-state index contributed by atoms with van der Waals surface area (Å²) >= 11 is 1.60. The number of hydrogen-bond acceptors (Lipinski definition) is 4. The SMILES string of the molecule is Cc1ccc(S(=O)(=O)NCCC(=O)N[C@H](c2cccs2)C(C)C)cc1. The molecule has 2 rings (SSSR count). The van der Waals surface area contributed by atoms with Gasteiger partial charge in [-0.05, 0) is 36.4 Å². The van der Waals surface area contributed by atoms with Crippen molar-refractivity contribution < 1.29 is 13.2 Å². The van der Waals surface area contributed by atoms with E-state index in [1.165, 1.54) is 0 Å². The van der Waals surface area contributed by atoms with Gasteiger partial charge in [-0.25, -0.2) is 13.1 Å². The van der Waals surface area contributed by atoms with Crippen molar-refractivity contribution in [3.8, 4) is 0 Å². The number of aryl methyl sites for hydroxylation is 1. The van der Waals surface area contributed by atoms with E-state index in [9.17, 15) is 13.2 Å². The molecule has 0 saturated carbocycles. The molecular formula is C18H24N2O3S2. The Morgan fingerprint density at radius 1 is 1.16 bits per heavy atom. The van der Waals surface area contributed by atoms with E-state index < -0.39 is 10.0 Å². The summed E-state index contributed by atoms with van der Waals surface area (Å²) in [4.78, 5) is 13.5. The van der Waals surface area contributed by atoms with Crippen molar-refractivity contribution in [3.05, 3.63) is 52.2 Å². The minimum Gasteiger partial charge on any atom is -0.348 e. The summed E-state index contributed by atoms with van der Waals surface area (Å²) in [6, 6.07) is 10.5. The highest BCUT2D eigenvalue weighted by Crippen LogP contribution is 2.25. The molecule has 0 saturated heterocycles. The Balaban J connectivity index is 1.88. The predicted octanol–water partition coefficient (Wildman–Crippen LogP) is 3.24. The zero-order chi connectivity index (χ0) is 18.4. The summed E-state index contributed by atoms with van der Waals surface area (Å²) in [6.07, 6.45) is 0.0969. The Labute approximate surface area is 153 Å². The number of amides is 1. The maximum atomic E-state index is 12.2. The summed E-state index contributed by atoms with van der Waals surface area (Å²) in [5, 5.41) is 4.97. The predicted molar refractivity (Wildman–Crippen MR) is 101 cm³/mol. The number of carbonyl (C=O) groups excluding carboxylic acids is 1. The van der Waals surface area contributed by atoms with Crippen LogP contribution >= 0.6 is 11.3 Å². The van der Waals surface area contributed by atoms with Crippen molar-refractivity contribution in [2.24, 2.45) is 5.92 Å². The molecule has 5 nitrogen and oxygen atoms in total. The van der Waals surface area contributed by atoms with Gasteiger partial charge in [0.05, 0.1) is 10.9 Å². The molecule has 0 bridgehead atoms. The lowest BCUT2D eigenvalue weighted by atomic mass is 10.0. The third kappa shape index (κ3) is 5.66. The van der Waals surface area contributed by atoms with Crippen LogP contribution in [0.1, 0.15) is 36.8 Å². The molecule has 1 atom stereocenters. The van der Waals surface area contributed by atoms with Crippen LogP contribution in [0.2, 0.25) is 0 Å². The molecule has 0 unspecified atom stereocenters. The molecule has 0 aliphatic heterocycles. The Bertz CT molecular complexity index is 782. The molecule has 25 heavy (non-hydrogen) atoms. The van der Waals surface area contributed by atoms with Crippen LogP contribution < -0.4 is 10.0 Å². The van der Waals surface area contributed by atoms with Crippen LogP contribution in [0.15, 0.2) is 46.7 Å². The van der Waals surface area contributed by atoms with Gasteiger partial charge >= 0.3 is 0 Å². The van der Waals surface area contributed by atoms with Gasteiger partial charge in [-0.1, -0.05) is 37.6 Å². The Kier molecular flexibility index (Phi) is 6.75. The highest BCUT2D eigenvalue weighted by atomic mass is 32.2. The van der Waals surface area contributed by atoms with E-state index in [0.29, 0.717) is 0 Å². The van der Waals surface area contributed by atoms with Gasteiger partial charge < -0.3 is 5.32 Å². The lowest BCUT2D eigenvalue weighted by molar-refractivity contribution is -0.122. The topological polar surface area (TPSA) is 75.3 Å². The maximum Gasteiger partial charge on any atom is 0.240 e. The fourth-order valence-electron chi connectivity index (χ4n) is 2.38. The second kappa shape index (κ2) is 8.60. The average molecular weight is 381 g/mol. The first-order valence-electron chi connectivity index (χ1n) is 8.18. The molecule has 2 aromatic rings. The highest BCUT2D eigenvalue weighted by Gasteiger charge is 2.20. The van der Waals surface area contributed by atoms with Gasteiger partial charge in [0.1, 0.15) is 0 Å². The van der Waals surface area contributed by atoms with Crippen molar-refractivity contribution in [1.29, 1.82) is 0 Å². The van der Waals surface area contributed by atoms with Gasteiger partial charge in [-0.15, -0.1) is 11.3 Å². The summed E-state index contributed by atoms with van der Waals surface area (Å²) in [6.45, 7) is 6.06. The van der Waals surface area contributed by atoms with E-state index in [4.69, 9.17) is 0 Å². The van der Waals surface area contributed by atoms with Crippen molar-refractivity contribution in [1.82, 2.24) is 10.0 Å². The number of hydrogen-bond donors (Lipinski definition) is 2.